The highest BCUT2D eigenvalue weighted by molar-refractivity contribution is 5.41. The molecule has 0 saturated heterocycles. The van der Waals surface area contributed by atoms with Gasteiger partial charge in [0.05, 0.1) is 4.92 Å². The number of hydrogen-bond acceptors (Lipinski definition) is 4. The van der Waals surface area contributed by atoms with Crippen LogP contribution in [0.5, 0.6) is 0 Å². The summed E-state index contributed by atoms with van der Waals surface area (Å²) >= 11 is 0. The van der Waals surface area contributed by atoms with E-state index in [0.29, 0.717) is 24.2 Å². The summed E-state index contributed by atoms with van der Waals surface area (Å²) in [5, 5.41) is 13.9. The lowest BCUT2D eigenvalue weighted by Gasteiger charge is -1.95. The van der Waals surface area contributed by atoms with Crippen LogP contribution in [0, 0.1) is 28.9 Å². The topological polar surface area (TPSA) is 105 Å². The van der Waals surface area contributed by atoms with Crippen LogP contribution in [-0.4, -0.2) is 16.5 Å². The molecule has 0 atom stereocenters. The Labute approximate surface area is 97.3 Å². The summed E-state index contributed by atoms with van der Waals surface area (Å²) in [7, 11) is 0. The van der Waals surface area contributed by atoms with E-state index in [9.17, 15) is 10.1 Å². The van der Waals surface area contributed by atoms with Crippen molar-refractivity contribution in [2.75, 3.05) is 6.54 Å². The maximum Gasteiger partial charge on any atom is 0.290 e. The van der Waals surface area contributed by atoms with Crippen LogP contribution in [0.1, 0.15) is 17.7 Å². The molecule has 1 rings (SSSR count). The average Bonchev–Trinajstić information content (AvgIpc) is 2.28. The third-order valence-corrected chi connectivity index (χ3v) is 1.90. The Morgan fingerprint density at radius 2 is 2.47 bits per heavy atom. The highest BCUT2D eigenvalue weighted by Crippen LogP contribution is 2.15. The Morgan fingerprint density at radius 3 is 3.06 bits per heavy atom. The smallest absolute Gasteiger partial charge is 0.258 e. The van der Waals surface area contributed by atoms with Gasteiger partial charge in [0, 0.05) is 23.4 Å². The monoisotopic (exact) mass is 231 g/mol. The lowest BCUT2D eigenvalue weighted by molar-refractivity contribution is -0.385. The van der Waals surface area contributed by atoms with Crippen LogP contribution in [0.2, 0.25) is 0 Å². The Balaban J connectivity index is 2.77. The van der Waals surface area contributed by atoms with Crippen LogP contribution in [0.15, 0.2) is 17.4 Å². The van der Waals surface area contributed by atoms with Crippen LogP contribution in [-0.2, 0) is 0 Å². The minimum absolute atomic E-state index is 0.0235. The fourth-order valence-electron chi connectivity index (χ4n) is 1.11. The zero-order valence-electron chi connectivity index (χ0n) is 9.12. The Bertz CT molecular complexity index is 537. The van der Waals surface area contributed by atoms with E-state index in [0.717, 1.165) is 0 Å². The van der Waals surface area contributed by atoms with Gasteiger partial charge in [-0.05, 0) is 24.4 Å². The summed E-state index contributed by atoms with van der Waals surface area (Å²) in [6, 6.07) is 1.55. The molecule has 1 aromatic rings. The van der Waals surface area contributed by atoms with E-state index >= 15 is 0 Å². The van der Waals surface area contributed by atoms with Gasteiger partial charge in [-0.2, -0.15) is 0 Å². The first-order chi connectivity index (χ1) is 8.15. The second kappa shape index (κ2) is 6.10. The zero-order valence-corrected chi connectivity index (χ0v) is 9.12. The average molecular weight is 231 g/mol. The Kier molecular flexibility index (Phi) is 4.48. The third-order valence-electron chi connectivity index (χ3n) is 1.90. The molecule has 0 unspecified atom stereocenters. The molecule has 0 amide bonds. The molecule has 0 spiro atoms. The first-order valence-corrected chi connectivity index (χ1v) is 4.76. The summed E-state index contributed by atoms with van der Waals surface area (Å²) in [4.78, 5) is 16.5. The van der Waals surface area contributed by atoms with Crippen molar-refractivity contribution in [1.29, 1.82) is 0 Å². The van der Waals surface area contributed by atoms with E-state index in [4.69, 9.17) is 5.53 Å². The van der Waals surface area contributed by atoms with Crippen molar-refractivity contribution in [3.05, 3.63) is 44.1 Å². The van der Waals surface area contributed by atoms with Crippen LogP contribution in [0.3, 0.4) is 0 Å². The Hall–Kier alpha value is -2.58. The van der Waals surface area contributed by atoms with Crippen LogP contribution in [0.25, 0.3) is 10.4 Å². The molecule has 17 heavy (non-hydrogen) atoms. The summed E-state index contributed by atoms with van der Waals surface area (Å²) in [5.41, 5.74) is 9.00. The van der Waals surface area contributed by atoms with E-state index in [1.54, 1.807) is 13.0 Å². The molecule has 7 heteroatoms. The molecular weight excluding hydrogens is 222 g/mol. The number of rotatable bonds is 3. The van der Waals surface area contributed by atoms with Gasteiger partial charge in [0.15, 0.2) is 0 Å². The van der Waals surface area contributed by atoms with E-state index in [-0.39, 0.29) is 5.69 Å². The first-order valence-electron chi connectivity index (χ1n) is 4.76. The standard InChI is InChI=1S/C10H9N5O2/c1-8-6-9(4-2-3-5-13-14-11)12-7-10(8)15(16)17/h6-7H,3,5H2,1H3. The SMILES string of the molecule is Cc1cc(C#CCCN=[N+]=[N-])ncc1[N+](=O)[O-]. The lowest BCUT2D eigenvalue weighted by atomic mass is 10.2. The second-order valence-corrected chi connectivity index (χ2v) is 3.12. The van der Waals surface area contributed by atoms with Gasteiger partial charge in [0.1, 0.15) is 11.9 Å². The molecule has 0 aromatic carbocycles. The van der Waals surface area contributed by atoms with E-state index < -0.39 is 4.92 Å². The Morgan fingerprint density at radius 1 is 1.71 bits per heavy atom. The number of nitro groups is 1. The molecule has 0 aliphatic rings. The largest absolute Gasteiger partial charge is 0.290 e. The molecule has 0 N–H and O–H groups in total. The van der Waals surface area contributed by atoms with Gasteiger partial charge in [-0.15, -0.1) is 0 Å². The van der Waals surface area contributed by atoms with Gasteiger partial charge in [0.2, 0.25) is 0 Å². The minimum Gasteiger partial charge on any atom is -0.258 e. The van der Waals surface area contributed by atoms with Gasteiger partial charge in [0.25, 0.3) is 5.69 Å². The molecule has 1 heterocycles. The normalized spacial score (nSPS) is 8.76. The molecule has 0 aliphatic carbocycles. The molecule has 86 valence electrons. The second-order valence-electron chi connectivity index (χ2n) is 3.12. The van der Waals surface area contributed by atoms with Gasteiger partial charge >= 0.3 is 0 Å². The molecule has 0 radical (unpaired) electrons. The van der Waals surface area contributed by atoms with Crippen molar-refractivity contribution in [2.24, 2.45) is 5.11 Å². The molecule has 0 saturated carbocycles. The van der Waals surface area contributed by atoms with E-state index in [1.807, 2.05) is 0 Å². The molecule has 0 bridgehead atoms. The zero-order chi connectivity index (χ0) is 12.7. The third kappa shape index (κ3) is 3.81. The number of pyridine rings is 1. The summed E-state index contributed by atoms with van der Waals surface area (Å²) < 4.78 is 0. The fourth-order valence-corrected chi connectivity index (χ4v) is 1.11. The van der Waals surface area contributed by atoms with Gasteiger partial charge in [-0.25, -0.2) is 4.98 Å². The van der Waals surface area contributed by atoms with Gasteiger partial charge < -0.3 is 0 Å². The molecule has 0 fully saturated rings. The van der Waals surface area contributed by atoms with Gasteiger partial charge in [-0.3, -0.25) is 10.1 Å². The number of aromatic nitrogens is 1. The van der Waals surface area contributed by atoms with Crippen LogP contribution in [0.4, 0.5) is 5.69 Å². The van der Waals surface area contributed by atoms with Crippen molar-refractivity contribution < 1.29 is 4.92 Å². The highest BCUT2D eigenvalue weighted by Gasteiger charge is 2.10. The molecule has 1 aromatic heterocycles. The molecular formula is C10H9N5O2. The first kappa shape index (κ1) is 12.5. The number of hydrogen-bond donors (Lipinski definition) is 0. The quantitative estimate of drug-likeness (QED) is 0.151. The lowest BCUT2D eigenvalue weighted by Crippen LogP contribution is -1.94. The maximum absolute atomic E-state index is 10.5. The summed E-state index contributed by atoms with van der Waals surface area (Å²) in [6.07, 6.45) is 1.62. The van der Waals surface area contributed by atoms with E-state index in [1.165, 1.54) is 6.20 Å². The number of aryl methyl sites for hydroxylation is 1. The minimum atomic E-state index is -0.485. The van der Waals surface area contributed by atoms with Crippen molar-refractivity contribution in [2.45, 2.75) is 13.3 Å². The van der Waals surface area contributed by atoms with Crippen molar-refractivity contribution in [1.82, 2.24) is 4.98 Å². The number of azide groups is 1. The highest BCUT2D eigenvalue weighted by atomic mass is 16.6. The van der Waals surface area contributed by atoms with E-state index in [2.05, 4.69) is 26.9 Å². The van der Waals surface area contributed by atoms with Gasteiger partial charge in [-0.1, -0.05) is 11.0 Å². The molecule has 7 nitrogen and oxygen atoms in total. The molecule has 0 aliphatic heterocycles. The summed E-state index contributed by atoms with van der Waals surface area (Å²) in [6.45, 7) is 1.93. The van der Waals surface area contributed by atoms with Crippen molar-refractivity contribution >= 4 is 5.69 Å². The predicted molar refractivity (Wildman–Crippen MR) is 61.1 cm³/mol. The predicted octanol–water partition coefficient (Wildman–Crippen LogP) is 2.35. The van der Waals surface area contributed by atoms with Crippen molar-refractivity contribution in [3.63, 3.8) is 0 Å². The van der Waals surface area contributed by atoms with Crippen LogP contribution < -0.4 is 0 Å². The number of nitrogens with zero attached hydrogens (tertiary/aromatic N) is 5. The summed E-state index contributed by atoms with van der Waals surface area (Å²) in [5.74, 6) is 5.51. The van der Waals surface area contributed by atoms with Crippen molar-refractivity contribution in [3.8, 4) is 11.8 Å². The maximum atomic E-state index is 10.5. The van der Waals surface area contributed by atoms with Crippen LogP contribution >= 0.6 is 0 Å². The fraction of sp³-hybridized carbons (Fsp3) is 0.300.